The van der Waals surface area contributed by atoms with Gasteiger partial charge in [-0.25, -0.2) is 0 Å². The number of carbonyl (C=O) groups is 2. The Bertz CT molecular complexity index is 1350. The molecule has 2 aromatic heterocycles. The molecular formula is C31H42N8O2. The molecule has 2 N–H and O–H groups in total. The first-order valence-corrected chi connectivity index (χ1v) is 14.6. The molecule has 41 heavy (non-hydrogen) atoms. The van der Waals surface area contributed by atoms with Gasteiger partial charge in [-0.05, 0) is 89.2 Å². The average molecular weight is 559 g/mol. The van der Waals surface area contributed by atoms with Crippen LogP contribution in [0.5, 0.6) is 0 Å². The van der Waals surface area contributed by atoms with E-state index in [4.69, 9.17) is 0 Å². The van der Waals surface area contributed by atoms with E-state index < -0.39 is 0 Å². The van der Waals surface area contributed by atoms with Crippen molar-refractivity contribution in [3.63, 3.8) is 0 Å². The Morgan fingerprint density at radius 3 is 2.56 bits per heavy atom. The zero-order valence-corrected chi connectivity index (χ0v) is 24.7. The van der Waals surface area contributed by atoms with Crippen molar-refractivity contribution in [2.75, 3.05) is 30.3 Å². The molecule has 0 spiro atoms. The van der Waals surface area contributed by atoms with Gasteiger partial charge in [0.05, 0.1) is 47.6 Å². The van der Waals surface area contributed by atoms with E-state index in [2.05, 4.69) is 47.2 Å². The van der Waals surface area contributed by atoms with Crippen molar-refractivity contribution < 1.29 is 9.59 Å². The highest BCUT2D eigenvalue weighted by Gasteiger charge is 2.17. The van der Waals surface area contributed by atoms with Gasteiger partial charge in [0.1, 0.15) is 0 Å². The van der Waals surface area contributed by atoms with E-state index in [1.165, 1.54) is 30.5 Å². The Morgan fingerprint density at radius 1 is 1.00 bits per heavy atom. The topological polar surface area (TPSA) is 117 Å². The number of rotatable bonds is 6. The summed E-state index contributed by atoms with van der Waals surface area (Å²) in [5.41, 5.74) is 5.70. The van der Waals surface area contributed by atoms with E-state index >= 15 is 0 Å². The summed E-state index contributed by atoms with van der Waals surface area (Å²) in [6, 6.07) is 1.71. The normalized spacial score (nSPS) is 21.9. The van der Waals surface area contributed by atoms with Crippen molar-refractivity contribution in [1.82, 2.24) is 19.7 Å². The molecule has 10 heteroatoms. The Hall–Kier alpha value is -3.92. The fourth-order valence-corrected chi connectivity index (χ4v) is 5.03. The number of allylic oxidation sites excluding steroid dienone is 1. The lowest BCUT2D eigenvalue weighted by Gasteiger charge is -2.25. The minimum absolute atomic E-state index is 0.0253. The molecule has 218 valence electrons. The number of hydrogen-bond acceptors (Lipinski definition) is 7. The lowest BCUT2D eigenvalue weighted by molar-refractivity contribution is -0.117. The summed E-state index contributed by atoms with van der Waals surface area (Å²) in [5.74, 6) is -0.373. The van der Waals surface area contributed by atoms with E-state index in [1.54, 1.807) is 30.9 Å². The summed E-state index contributed by atoms with van der Waals surface area (Å²) in [4.78, 5) is 40.7. The number of nitrogens with one attached hydrogen (secondary N) is 2. The number of amides is 2. The Balaban J connectivity index is 0.000000360. The first kappa shape index (κ1) is 30.0. The quantitative estimate of drug-likeness (QED) is 0.535. The maximum absolute atomic E-state index is 13.0. The van der Waals surface area contributed by atoms with Gasteiger partial charge in [-0.1, -0.05) is 13.3 Å². The van der Waals surface area contributed by atoms with Gasteiger partial charge in [-0.2, -0.15) is 5.10 Å². The molecule has 10 nitrogen and oxygen atoms in total. The largest absolute Gasteiger partial charge is 0.324 e. The molecule has 0 aliphatic carbocycles. The second-order valence-electron chi connectivity index (χ2n) is 10.8. The van der Waals surface area contributed by atoms with E-state index in [0.29, 0.717) is 34.8 Å². The number of aryl methyl sites for hydroxylation is 3. The number of aliphatic imine (C=N–C) groups is 2. The number of piperidine rings is 1. The first-order valence-electron chi connectivity index (χ1n) is 14.6. The van der Waals surface area contributed by atoms with Gasteiger partial charge in [-0.3, -0.25) is 34.1 Å². The first-order chi connectivity index (χ1) is 19.8. The van der Waals surface area contributed by atoms with Crippen molar-refractivity contribution in [3.05, 3.63) is 58.8 Å². The average Bonchev–Trinajstić information content (AvgIpc) is 3.59. The summed E-state index contributed by atoms with van der Waals surface area (Å²) in [7, 11) is 0. The van der Waals surface area contributed by atoms with Crippen molar-refractivity contribution in [3.8, 4) is 0 Å². The van der Waals surface area contributed by atoms with Gasteiger partial charge in [0, 0.05) is 30.9 Å². The van der Waals surface area contributed by atoms with Crippen LogP contribution in [0.4, 0.5) is 11.4 Å². The standard InChI is InChI=1S/C24H32N6O2.C7H10N2/c1-4-19-8-9-25-13-17(2)21(15-27-19)24(32)29-22-12-20(14-26-18(22)3)28-23(31)16-30-10-6-5-7-11-30;1-6-5-8-9-4-2-3-7(6)9/h8-9,12-15,19H,4-7,10-11,16H2,1-3H3,(H,28,31)(H,29,32);5H,2-4H2,1H3/b9-8-,21-17-,25-13-,27-15?;. The van der Waals surface area contributed by atoms with Crippen molar-refractivity contribution in [1.29, 1.82) is 0 Å². The van der Waals surface area contributed by atoms with Crippen LogP contribution in [-0.4, -0.2) is 69.6 Å². The second kappa shape index (κ2) is 14.6. The molecule has 0 bridgehead atoms. The number of pyridine rings is 1. The molecule has 1 saturated heterocycles. The molecule has 0 saturated carbocycles. The van der Waals surface area contributed by atoms with Crippen LogP contribution in [0.2, 0.25) is 0 Å². The number of hydrogen-bond donors (Lipinski definition) is 2. The highest BCUT2D eigenvalue weighted by molar-refractivity contribution is 6.21. The van der Waals surface area contributed by atoms with Crippen molar-refractivity contribution in [2.24, 2.45) is 9.98 Å². The highest BCUT2D eigenvalue weighted by Crippen LogP contribution is 2.20. The summed E-state index contributed by atoms with van der Waals surface area (Å²) < 4.78 is 2.11. The second-order valence-corrected chi connectivity index (χ2v) is 10.8. The summed E-state index contributed by atoms with van der Waals surface area (Å²) in [6.45, 7) is 11.2. The third-order valence-corrected chi connectivity index (χ3v) is 7.52. The van der Waals surface area contributed by atoms with Crippen LogP contribution in [0.3, 0.4) is 0 Å². The molecule has 1 fully saturated rings. The van der Waals surface area contributed by atoms with E-state index in [0.717, 1.165) is 38.9 Å². The number of carbonyl (C=O) groups excluding carboxylic acids is 2. The molecule has 2 amide bonds. The maximum Gasteiger partial charge on any atom is 0.257 e. The number of fused-ring (bicyclic) bond motifs is 1. The van der Waals surface area contributed by atoms with Crippen LogP contribution < -0.4 is 10.6 Å². The van der Waals surface area contributed by atoms with E-state index in [-0.39, 0.29) is 17.9 Å². The zero-order chi connectivity index (χ0) is 29.2. The van der Waals surface area contributed by atoms with Gasteiger partial charge in [0.15, 0.2) is 0 Å². The highest BCUT2D eigenvalue weighted by atomic mass is 16.2. The summed E-state index contributed by atoms with van der Waals surface area (Å²) in [6.07, 6.45) is 17.3. The van der Waals surface area contributed by atoms with Gasteiger partial charge >= 0.3 is 0 Å². The molecule has 3 aliphatic heterocycles. The third-order valence-electron chi connectivity index (χ3n) is 7.52. The van der Waals surface area contributed by atoms with Gasteiger partial charge in [-0.15, -0.1) is 0 Å². The smallest absolute Gasteiger partial charge is 0.257 e. The number of anilines is 2. The van der Waals surface area contributed by atoms with Gasteiger partial charge < -0.3 is 10.6 Å². The van der Waals surface area contributed by atoms with Gasteiger partial charge in [0.2, 0.25) is 5.91 Å². The third kappa shape index (κ3) is 8.53. The molecule has 2 aromatic rings. The van der Waals surface area contributed by atoms with Crippen molar-refractivity contribution >= 4 is 35.6 Å². The lowest BCUT2D eigenvalue weighted by atomic mass is 10.1. The summed E-state index contributed by atoms with van der Waals surface area (Å²) >= 11 is 0. The fraction of sp³-hybridized carbons (Fsp3) is 0.484. The number of aromatic nitrogens is 3. The Kier molecular flexibility index (Phi) is 10.7. The van der Waals surface area contributed by atoms with Crippen LogP contribution in [0.15, 0.2) is 51.9 Å². The predicted molar refractivity (Wildman–Crippen MR) is 165 cm³/mol. The zero-order valence-electron chi connectivity index (χ0n) is 24.7. The monoisotopic (exact) mass is 558 g/mol. The molecule has 3 aliphatic rings. The van der Waals surface area contributed by atoms with Crippen LogP contribution in [0.1, 0.15) is 62.9 Å². The lowest BCUT2D eigenvalue weighted by Crippen LogP contribution is -2.36. The van der Waals surface area contributed by atoms with Crippen LogP contribution >= 0.6 is 0 Å². The molecule has 5 heterocycles. The van der Waals surface area contributed by atoms with Crippen molar-refractivity contribution in [2.45, 2.75) is 78.8 Å². The molecular weight excluding hydrogens is 516 g/mol. The minimum Gasteiger partial charge on any atom is -0.324 e. The summed E-state index contributed by atoms with van der Waals surface area (Å²) in [5, 5.41) is 10.0. The molecule has 1 atom stereocenters. The Labute approximate surface area is 242 Å². The van der Waals surface area contributed by atoms with Gasteiger partial charge in [0.25, 0.3) is 5.91 Å². The van der Waals surface area contributed by atoms with E-state index in [9.17, 15) is 9.59 Å². The predicted octanol–water partition coefficient (Wildman–Crippen LogP) is 4.65. The SMILES string of the molecule is CCC1\C=C/N=C\C(C)=C(/C(=O)Nc2cc(NC(=O)CN3CCCCC3)cnc2C)C=N1.Cc1cnn2c1CCC2. The van der Waals surface area contributed by atoms with E-state index in [1.807, 2.05) is 33.0 Å². The minimum atomic E-state index is -0.295. The molecule has 5 rings (SSSR count). The Morgan fingerprint density at radius 2 is 1.80 bits per heavy atom. The van der Waals surface area contributed by atoms with Crippen LogP contribution in [-0.2, 0) is 22.6 Å². The van der Waals surface area contributed by atoms with Crippen LogP contribution in [0.25, 0.3) is 0 Å². The number of nitrogens with zero attached hydrogens (tertiary/aromatic N) is 6. The fourth-order valence-electron chi connectivity index (χ4n) is 5.03. The molecule has 0 aromatic carbocycles. The maximum atomic E-state index is 13.0. The van der Waals surface area contributed by atoms with Crippen LogP contribution in [0, 0.1) is 13.8 Å². The molecule has 1 unspecified atom stereocenters. The molecule has 0 radical (unpaired) electrons. The number of likely N-dealkylation sites (tertiary alicyclic amines) is 1.